The van der Waals surface area contributed by atoms with Crippen LogP contribution in [0.3, 0.4) is 0 Å². The Morgan fingerprint density at radius 2 is 0.826 bits per heavy atom. The van der Waals surface area contributed by atoms with Crippen molar-refractivity contribution in [3.05, 3.63) is 12.2 Å². The fourth-order valence-electron chi connectivity index (χ4n) is 8.89. The van der Waals surface area contributed by atoms with E-state index < -0.39 is 67.3 Å². The van der Waals surface area contributed by atoms with Gasteiger partial charge in [0.05, 0.1) is 6.61 Å². The minimum absolute atomic E-state index is 0.0565. The summed E-state index contributed by atoms with van der Waals surface area (Å²) in [5.41, 5.74) is 0. The Morgan fingerprint density at radius 1 is 0.464 bits per heavy atom. The Labute approximate surface area is 420 Å². The van der Waals surface area contributed by atoms with E-state index in [4.69, 9.17) is 23.7 Å². The molecular weight excluding hydrogens is 877 g/mol. The van der Waals surface area contributed by atoms with Crippen molar-refractivity contribution < 1.29 is 58.2 Å². The maximum atomic E-state index is 13.0. The van der Waals surface area contributed by atoms with E-state index >= 15 is 0 Å². The third-order valence-corrected chi connectivity index (χ3v) is 13.3. The Bertz CT molecular complexity index is 1260. The summed E-state index contributed by atoms with van der Waals surface area (Å²) >= 11 is 0. The average molecular weight is 981 g/mol. The quantitative estimate of drug-likeness (QED) is 0.0228. The molecule has 69 heavy (non-hydrogen) atoms. The molecule has 0 bridgehead atoms. The highest BCUT2D eigenvalue weighted by molar-refractivity contribution is 5.74. The van der Waals surface area contributed by atoms with Crippen molar-refractivity contribution in [1.29, 1.82) is 0 Å². The zero-order valence-electron chi connectivity index (χ0n) is 44.3. The molecule has 0 aromatic rings. The van der Waals surface area contributed by atoms with Crippen molar-refractivity contribution in [1.82, 2.24) is 0 Å². The van der Waals surface area contributed by atoms with Crippen molar-refractivity contribution in [3.8, 4) is 0 Å². The molecule has 1 heterocycles. The number of aliphatic carboxylic acids is 1. The Balaban J connectivity index is 2.66. The predicted molar refractivity (Wildman–Crippen MR) is 276 cm³/mol. The number of hydrogen-bond donors (Lipinski definition) is 3. The molecule has 3 N–H and O–H groups in total. The monoisotopic (exact) mass is 981 g/mol. The molecule has 0 aliphatic carbocycles. The van der Waals surface area contributed by atoms with Gasteiger partial charge in [0.1, 0.15) is 18.8 Å². The molecule has 0 amide bonds. The van der Waals surface area contributed by atoms with Crippen LogP contribution in [0.25, 0.3) is 0 Å². The summed E-state index contributed by atoms with van der Waals surface area (Å²) < 4.78 is 28.3. The number of aliphatic hydroxyl groups is 2. The molecule has 404 valence electrons. The first-order valence-corrected chi connectivity index (χ1v) is 28.7. The number of allylic oxidation sites excluding steroid dienone is 2. The van der Waals surface area contributed by atoms with Crippen LogP contribution in [0, 0.1) is 0 Å². The number of unbranched alkanes of at least 4 members (excludes halogenated alkanes) is 33. The van der Waals surface area contributed by atoms with E-state index in [9.17, 15) is 34.5 Å². The van der Waals surface area contributed by atoms with Crippen molar-refractivity contribution in [2.45, 2.75) is 314 Å². The lowest BCUT2D eigenvalue weighted by atomic mass is 9.98. The number of carboxylic acid groups (broad SMARTS) is 1. The van der Waals surface area contributed by atoms with Gasteiger partial charge in [-0.1, -0.05) is 226 Å². The van der Waals surface area contributed by atoms with Crippen LogP contribution in [-0.2, 0) is 42.9 Å². The van der Waals surface area contributed by atoms with Crippen LogP contribution in [0.15, 0.2) is 12.2 Å². The molecule has 0 aromatic carbocycles. The molecule has 1 saturated heterocycles. The van der Waals surface area contributed by atoms with Crippen LogP contribution in [0.4, 0.5) is 0 Å². The first kappa shape index (κ1) is 64.5. The molecule has 1 fully saturated rings. The summed E-state index contributed by atoms with van der Waals surface area (Å²) in [6, 6.07) is 0. The first-order valence-electron chi connectivity index (χ1n) is 28.7. The molecular formula is C57H104O12. The number of carbonyl (C=O) groups is 4. The van der Waals surface area contributed by atoms with E-state index in [1.807, 2.05) is 0 Å². The van der Waals surface area contributed by atoms with Gasteiger partial charge >= 0.3 is 23.9 Å². The Morgan fingerprint density at radius 3 is 1.23 bits per heavy atom. The van der Waals surface area contributed by atoms with Crippen LogP contribution in [0.1, 0.15) is 278 Å². The zero-order chi connectivity index (χ0) is 50.4. The van der Waals surface area contributed by atoms with Gasteiger partial charge in [0, 0.05) is 19.3 Å². The number of carboxylic acids is 1. The molecule has 6 unspecified atom stereocenters. The summed E-state index contributed by atoms with van der Waals surface area (Å²) in [5.74, 6) is -3.10. The molecule has 1 aliphatic rings. The van der Waals surface area contributed by atoms with Gasteiger partial charge in [0.15, 0.2) is 24.6 Å². The highest BCUT2D eigenvalue weighted by Crippen LogP contribution is 2.26. The number of ether oxygens (including phenoxy) is 5. The third-order valence-electron chi connectivity index (χ3n) is 13.3. The Hall–Kier alpha value is -2.54. The van der Waals surface area contributed by atoms with E-state index in [0.29, 0.717) is 19.3 Å². The molecule has 1 aliphatic heterocycles. The topological polar surface area (TPSA) is 175 Å². The average Bonchev–Trinajstić information content (AvgIpc) is 3.33. The van der Waals surface area contributed by atoms with E-state index in [2.05, 4.69) is 32.9 Å². The van der Waals surface area contributed by atoms with Crippen LogP contribution < -0.4 is 0 Å². The van der Waals surface area contributed by atoms with E-state index in [1.54, 1.807) is 0 Å². The largest absolute Gasteiger partial charge is 0.479 e. The summed E-state index contributed by atoms with van der Waals surface area (Å²) in [7, 11) is 0. The molecule has 0 radical (unpaired) electrons. The van der Waals surface area contributed by atoms with Crippen molar-refractivity contribution in [2.24, 2.45) is 0 Å². The minimum Gasteiger partial charge on any atom is -0.479 e. The summed E-state index contributed by atoms with van der Waals surface area (Å²) in [6.07, 6.45) is 37.7. The Kier molecular flexibility index (Phi) is 43.5. The molecule has 0 aromatic heterocycles. The zero-order valence-corrected chi connectivity index (χ0v) is 44.3. The standard InChI is InChI=1S/C57H104O12/c1-4-7-10-13-16-19-21-23-25-27-29-32-34-37-40-43-49(58)65-46-48(67-50(59)44-41-38-35-31-18-15-12-9-6-3)47-66-57-55(53(62)52(61)54(69-57)56(63)64)68-51(60)45-42-39-36-33-30-28-26-24-22-20-17-14-11-8-5-2/h24,26,48,52-55,57,61-62H,4-23,25,27-47H2,1-3H3,(H,63,64)/b26-24-. The second-order valence-electron chi connectivity index (χ2n) is 19.9. The van der Waals surface area contributed by atoms with Crippen LogP contribution >= 0.6 is 0 Å². The van der Waals surface area contributed by atoms with Gasteiger partial charge in [-0.25, -0.2) is 4.79 Å². The minimum atomic E-state index is -1.90. The second-order valence-corrected chi connectivity index (χ2v) is 19.9. The smallest absolute Gasteiger partial charge is 0.335 e. The lowest BCUT2D eigenvalue weighted by molar-refractivity contribution is -0.301. The highest BCUT2D eigenvalue weighted by Gasteiger charge is 2.50. The van der Waals surface area contributed by atoms with Crippen LogP contribution in [0.2, 0.25) is 0 Å². The van der Waals surface area contributed by atoms with E-state index in [0.717, 1.165) is 77.0 Å². The van der Waals surface area contributed by atoms with Crippen molar-refractivity contribution >= 4 is 23.9 Å². The van der Waals surface area contributed by atoms with Gasteiger partial charge in [-0.3, -0.25) is 14.4 Å². The molecule has 12 heteroatoms. The number of aliphatic hydroxyl groups excluding tert-OH is 2. The van der Waals surface area contributed by atoms with Crippen LogP contribution in [0.5, 0.6) is 0 Å². The number of esters is 3. The van der Waals surface area contributed by atoms with Gasteiger partial charge < -0.3 is 39.0 Å². The first-order chi connectivity index (χ1) is 33.6. The molecule has 0 spiro atoms. The van der Waals surface area contributed by atoms with E-state index in [1.165, 1.54) is 141 Å². The third kappa shape index (κ3) is 37.0. The van der Waals surface area contributed by atoms with Crippen molar-refractivity contribution in [2.75, 3.05) is 13.2 Å². The van der Waals surface area contributed by atoms with Gasteiger partial charge in [-0.05, 0) is 44.9 Å². The highest BCUT2D eigenvalue weighted by atomic mass is 16.7. The van der Waals surface area contributed by atoms with Gasteiger partial charge in [-0.15, -0.1) is 0 Å². The predicted octanol–water partition coefficient (Wildman–Crippen LogP) is 14.1. The molecule has 6 atom stereocenters. The number of hydrogen-bond acceptors (Lipinski definition) is 11. The fraction of sp³-hybridized carbons (Fsp3) is 0.895. The maximum absolute atomic E-state index is 13.0. The molecule has 1 rings (SSSR count). The lowest BCUT2D eigenvalue weighted by Crippen LogP contribution is -2.61. The molecule has 12 nitrogen and oxygen atoms in total. The number of carbonyl (C=O) groups excluding carboxylic acids is 3. The lowest BCUT2D eigenvalue weighted by Gasteiger charge is -2.40. The SMILES string of the molecule is CCCCCCCC/C=C\CCCCCCCC(=O)OC1C(OCC(COC(=O)CCCCCCCCCCCCCCCCC)OC(=O)CCCCCCCCCCC)OC(C(=O)O)C(O)C1O. The maximum Gasteiger partial charge on any atom is 0.335 e. The van der Waals surface area contributed by atoms with Gasteiger partial charge in [-0.2, -0.15) is 0 Å². The number of rotatable bonds is 49. The summed E-state index contributed by atoms with van der Waals surface area (Å²) in [5, 5.41) is 31.4. The van der Waals surface area contributed by atoms with Crippen LogP contribution in [-0.4, -0.2) is 89.2 Å². The fourth-order valence-corrected chi connectivity index (χ4v) is 8.89. The summed E-state index contributed by atoms with van der Waals surface area (Å²) in [4.78, 5) is 50.9. The summed E-state index contributed by atoms with van der Waals surface area (Å²) in [6.45, 7) is 5.98. The van der Waals surface area contributed by atoms with Crippen molar-refractivity contribution in [3.63, 3.8) is 0 Å². The van der Waals surface area contributed by atoms with E-state index in [-0.39, 0.29) is 25.9 Å². The normalized spacial score (nSPS) is 18.7. The molecule has 0 saturated carbocycles. The van der Waals surface area contributed by atoms with Gasteiger partial charge in [0.25, 0.3) is 0 Å². The van der Waals surface area contributed by atoms with Gasteiger partial charge in [0.2, 0.25) is 0 Å². The second kappa shape index (κ2) is 46.5.